The molecule has 120 valence electrons. The first-order valence-corrected chi connectivity index (χ1v) is 8.35. The van der Waals surface area contributed by atoms with Gasteiger partial charge in [-0.05, 0) is 32.1 Å². The first-order chi connectivity index (χ1) is 10.2. The second kappa shape index (κ2) is 11.4. The van der Waals surface area contributed by atoms with Gasteiger partial charge in [-0.1, -0.05) is 44.8 Å². The molecule has 1 aliphatic rings. The number of unbranched alkanes of at least 4 members (excludes halogenated alkanes) is 6. The van der Waals surface area contributed by atoms with Crippen molar-refractivity contribution in [3.63, 3.8) is 0 Å². The topological polar surface area (TPSA) is 55.4 Å². The Kier molecular flexibility index (Phi) is 9.58. The number of ether oxygens (including phenoxy) is 1. The fraction of sp³-hybridized carbons (Fsp3) is 0.765. The summed E-state index contributed by atoms with van der Waals surface area (Å²) >= 11 is 0. The number of hydrogen-bond donors (Lipinski definition) is 1. The van der Waals surface area contributed by atoms with E-state index in [-0.39, 0.29) is 11.9 Å². The minimum absolute atomic E-state index is 0.0502. The predicted octanol–water partition coefficient (Wildman–Crippen LogP) is 3.51. The van der Waals surface area contributed by atoms with Gasteiger partial charge in [-0.3, -0.25) is 4.79 Å². The van der Waals surface area contributed by atoms with Crippen molar-refractivity contribution < 1.29 is 14.3 Å². The number of amides is 1. The van der Waals surface area contributed by atoms with Crippen LogP contribution in [-0.4, -0.2) is 24.5 Å². The van der Waals surface area contributed by atoms with Gasteiger partial charge in [0.2, 0.25) is 5.91 Å². The lowest BCUT2D eigenvalue weighted by atomic mass is 10.1. The summed E-state index contributed by atoms with van der Waals surface area (Å²) in [5, 5.41) is 2.62. The Balaban J connectivity index is 1.85. The largest absolute Gasteiger partial charge is 0.464 e. The first-order valence-electron chi connectivity index (χ1n) is 8.35. The first kappa shape index (κ1) is 17.7. The molecule has 0 aromatic rings. The Morgan fingerprint density at radius 2 is 1.90 bits per heavy atom. The second-order valence-corrected chi connectivity index (χ2v) is 5.62. The van der Waals surface area contributed by atoms with E-state index in [0.717, 1.165) is 19.3 Å². The van der Waals surface area contributed by atoms with Crippen molar-refractivity contribution in [3.8, 4) is 0 Å². The third-order valence-corrected chi connectivity index (χ3v) is 3.69. The Labute approximate surface area is 128 Å². The molecule has 1 fully saturated rings. The normalized spacial score (nSPS) is 18.1. The van der Waals surface area contributed by atoms with Gasteiger partial charge >= 0.3 is 5.97 Å². The maximum Gasteiger partial charge on any atom is 0.328 e. The van der Waals surface area contributed by atoms with E-state index in [1.54, 1.807) is 0 Å². The molecule has 4 nitrogen and oxygen atoms in total. The maximum absolute atomic E-state index is 11.6. The molecule has 0 radical (unpaired) electrons. The zero-order chi connectivity index (χ0) is 15.3. The lowest BCUT2D eigenvalue weighted by molar-refractivity contribution is -0.146. The molecule has 1 saturated heterocycles. The molecule has 0 bridgehead atoms. The summed E-state index contributed by atoms with van der Waals surface area (Å²) < 4.78 is 5.18. The smallest absolute Gasteiger partial charge is 0.328 e. The molecule has 1 amide bonds. The van der Waals surface area contributed by atoms with Crippen molar-refractivity contribution in [1.29, 1.82) is 0 Å². The fourth-order valence-electron chi connectivity index (χ4n) is 2.42. The molecule has 1 heterocycles. The van der Waals surface area contributed by atoms with Crippen LogP contribution in [0.25, 0.3) is 0 Å². The van der Waals surface area contributed by atoms with Crippen LogP contribution in [0.3, 0.4) is 0 Å². The van der Waals surface area contributed by atoms with Gasteiger partial charge in [0.15, 0.2) is 0 Å². The van der Waals surface area contributed by atoms with Gasteiger partial charge in [0.25, 0.3) is 0 Å². The van der Waals surface area contributed by atoms with E-state index in [2.05, 4.69) is 24.4 Å². The van der Waals surface area contributed by atoms with Crippen LogP contribution in [0.4, 0.5) is 0 Å². The molecule has 0 aromatic carbocycles. The van der Waals surface area contributed by atoms with Crippen LogP contribution in [0, 0.1) is 0 Å². The number of allylic oxidation sites excluding steroid dienone is 2. The number of nitrogens with one attached hydrogen (secondary N) is 1. The number of esters is 1. The highest BCUT2D eigenvalue weighted by Crippen LogP contribution is 2.10. The lowest BCUT2D eigenvalue weighted by Gasteiger charge is -2.09. The summed E-state index contributed by atoms with van der Waals surface area (Å²) in [6.07, 6.45) is 14.9. The van der Waals surface area contributed by atoms with Crippen LogP contribution in [0.1, 0.15) is 71.1 Å². The van der Waals surface area contributed by atoms with E-state index in [0.29, 0.717) is 19.4 Å². The van der Waals surface area contributed by atoms with Gasteiger partial charge in [-0.25, -0.2) is 4.79 Å². The molecule has 0 saturated carbocycles. The van der Waals surface area contributed by atoms with Crippen LogP contribution in [0.15, 0.2) is 12.2 Å². The highest BCUT2D eigenvalue weighted by molar-refractivity contribution is 5.87. The van der Waals surface area contributed by atoms with Gasteiger partial charge in [0.05, 0.1) is 6.61 Å². The third-order valence-electron chi connectivity index (χ3n) is 3.69. The number of carbonyl (C=O) groups is 2. The Bertz CT molecular complexity index is 339. The van der Waals surface area contributed by atoms with E-state index in [9.17, 15) is 9.59 Å². The molecule has 1 aliphatic heterocycles. The Hall–Kier alpha value is -1.32. The van der Waals surface area contributed by atoms with Gasteiger partial charge in [-0.15, -0.1) is 0 Å². The minimum atomic E-state index is -0.409. The average molecular weight is 295 g/mol. The van der Waals surface area contributed by atoms with Crippen molar-refractivity contribution in [2.24, 2.45) is 0 Å². The maximum atomic E-state index is 11.6. The quantitative estimate of drug-likeness (QED) is 0.360. The highest BCUT2D eigenvalue weighted by atomic mass is 16.5. The molecule has 1 N–H and O–H groups in total. The zero-order valence-corrected chi connectivity index (χ0v) is 13.2. The fourth-order valence-corrected chi connectivity index (χ4v) is 2.42. The van der Waals surface area contributed by atoms with Gasteiger partial charge in [0, 0.05) is 6.42 Å². The monoisotopic (exact) mass is 295 g/mol. The molecule has 0 aromatic heterocycles. The summed E-state index contributed by atoms with van der Waals surface area (Å²) in [6.45, 7) is 2.63. The van der Waals surface area contributed by atoms with E-state index in [1.807, 2.05) is 0 Å². The zero-order valence-electron chi connectivity index (χ0n) is 13.2. The van der Waals surface area contributed by atoms with Crippen molar-refractivity contribution in [1.82, 2.24) is 5.32 Å². The molecular weight excluding hydrogens is 266 g/mol. The third kappa shape index (κ3) is 8.53. The molecule has 1 atom stereocenters. The van der Waals surface area contributed by atoms with Crippen LogP contribution >= 0.6 is 0 Å². The van der Waals surface area contributed by atoms with E-state index in [4.69, 9.17) is 4.74 Å². The lowest BCUT2D eigenvalue weighted by Crippen LogP contribution is -2.34. The number of rotatable bonds is 11. The van der Waals surface area contributed by atoms with Crippen molar-refractivity contribution in [2.45, 2.75) is 77.2 Å². The van der Waals surface area contributed by atoms with Crippen LogP contribution in [0.5, 0.6) is 0 Å². The van der Waals surface area contributed by atoms with E-state index in [1.165, 1.54) is 32.1 Å². The number of hydrogen-bond acceptors (Lipinski definition) is 3. The molecular formula is C17H29NO3. The summed E-state index contributed by atoms with van der Waals surface area (Å²) in [5.74, 6) is -0.325. The summed E-state index contributed by atoms with van der Waals surface area (Å²) in [7, 11) is 0. The summed E-state index contributed by atoms with van der Waals surface area (Å²) in [4.78, 5) is 22.6. The van der Waals surface area contributed by atoms with E-state index >= 15 is 0 Å². The molecule has 0 aliphatic carbocycles. The van der Waals surface area contributed by atoms with Crippen molar-refractivity contribution in [3.05, 3.63) is 12.2 Å². The molecule has 1 rings (SSSR count). The van der Waals surface area contributed by atoms with Crippen LogP contribution in [-0.2, 0) is 14.3 Å². The van der Waals surface area contributed by atoms with Crippen molar-refractivity contribution >= 4 is 11.9 Å². The van der Waals surface area contributed by atoms with Gasteiger partial charge < -0.3 is 10.1 Å². The van der Waals surface area contributed by atoms with Gasteiger partial charge in [0.1, 0.15) is 6.04 Å². The minimum Gasteiger partial charge on any atom is -0.464 e. The predicted molar refractivity (Wildman–Crippen MR) is 83.9 cm³/mol. The second-order valence-electron chi connectivity index (χ2n) is 5.62. The molecule has 0 spiro atoms. The highest BCUT2D eigenvalue weighted by Gasteiger charge is 2.28. The van der Waals surface area contributed by atoms with Crippen LogP contribution in [0.2, 0.25) is 0 Å². The molecule has 21 heavy (non-hydrogen) atoms. The molecule has 0 unspecified atom stereocenters. The van der Waals surface area contributed by atoms with E-state index < -0.39 is 6.04 Å². The Morgan fingerprint density at radius 3 is 2.57 bits per heavy atom. The number of carbonyl (C=O) groups excluding carboxylic acids is 2. The van der Waals surface area contributed by atoms with Crippen molar-refractivity contribution in [2.75, 3.05) is 6.61 Å². The van der Waals surface area contributed by atoms with Gasteiger partial charge in [-0.2, -0.15) is 0 Å². The summed E-state index contributed by atoms with van der Waals surface area (Å²) in [5.41, 5.74) is 0. The standard InChI is InChI=1S/C17H29NO3/c1-2-3-4-5-6-7-8-9-10-11-14-21-17(20)15-12-13-16(19)18-15/h3-4,15H,2,5-14H2,1H3,(H,18,19)/t15-/m0/s1. The van der Waals surface area contributed by atoms with Crippen LogP contribution < -0.4 is 5.32 Å². The summed E-state index contributed by atoms with van der Waals surface area (Å²) in [6, 6.07) is -0.409. The Morgan fingerprint density at radius 1 is 1.19 bits per heavy atom. The molecule has 4 heteroatoms. The SMILES string of the molecule is CCC=CCCCCCCCCOC(=O)[C@@H]1CCC(=O)N1. The average Bonchev–Trinajstić information content (AvgIpc) is 2.91.